The first kappa shape index (κ1) is 18.6. The minimum atomic E-state index is -0.284. The standard InChI is InChI=1S/C22H25FO3/c1-2-15-25-20-11-13-21(14-12-20)26-22(24)18-5-3-16(4-6-18)17-7-9-19(23)10-8-17/h3-10,20-21H,2,11-15H2,1H3. The van der Waals surface area contributed by atoms with Crippen molar-refractivity contribution in [3.05, 3.63) is 59.9 Å². The third kappa shape index (κ3) is 4.92. The predicted octanol–water partition coefficient (Wildman–Crippen LogP) is 5.39. The number of carbonyl (C=O) groups is 1. The summed E-state index contributed by atoms with van der Waals surface area (Å²) in [6.45, 7) is 2.91. The summed E-state index contributed by atoms with van der Waals surface area (Å²) in [5.74, 6) is -0.544. The molecule has 0 N–H and O–H groups in total. The fourth-order valence-corrected chi connectivity index (χ4v) is 3.26. The van der Waals surface area contributed by atoms with Crippen LogP contribution in [0.25, 0.3) is 11.1 Å². The van der Waals surface area contributed by atoms with Gasteiger partial charge in [-0.3, -0.25) is 0 Å². The van der Waals surface area contributed by atoms with Crippen molar-refractivity contribution in [2.45, 2.75) is 51.2 Å². The van der Waals surface area contributed by atoms with Gasteiger partial charge in [0.15, 0.2) is 0 Å². The van der Waals surface area contributed by atoms with Gasteiger partial charge in [-0.2, -0.15) is 0 Å². The zero-order valence-electron chi connectivity index (χ0n) is 15.1. The fraction of sp³-hybridized carbons (Fsp3) is 0.409. The molecule has 0 aliphatic heterocycles. The maximum Gasteiger partial charge on any atom is 0.338 e. The largest absolute Gasteiger partial charge is 0.459 e. The van der Waals surface area contributed by atoms with E-state index in [1.807, 2.05) is 12.1 Å². The van der Waals surface area contributed by atoms with Gasteiger partial charge in [0.2, 0.25) is 0 Å². The lowest BCUT2D eigenvalue weighted by atomic mass is 9.95. The average molecular weight is 356 g/mol. The molecule has 3 rings (SSSR count). The summed E-state index contributed by atoms with van der Waals surface area (Å²) in [6, 6.07) is 13.5. The quantitative estimate of drug-likeness (QED) is 0.651. The van der Waals surface area contributed by atoms with Crippen LogP contribution in [0.5, 0.6) is 0 Å². The molecule has 2 aromatic rings. The van der Waals surface area contributed by atoms with Crippen LogP contribution in [-0.2, 0) is 9.47 Å². The molecule has 138 valence electrons. The van der Waals surface area contributed by atoms with Crippen LogP contribution in [0.4, 0.5) is 4.39 Å². The van der Waals surface area contributed by atoms with Gasteiger partial charge < -0.3 is 9.47 Å². The summed E-state index contributed by atoms with van der Waals surface area (Å²) in [5.41, 5.74) is 2.40. The predicted molar refractivity (Wildman–Crippen MR) is 99.5 cm³/mol. The number of rotatable bonds is 6. The zero-order valence-corrected chi connectivity index (χ0v) is 15.1. The molecule has 0 atom stereocenters. The normalized spacial score (nSPS) is 19.9. The number of hydrogen-bond donors (Lipinski definition) is 0. The second-order valence-corrected chi connectivity index (χ2v) is 6.76. The van der Waals surface area contributed by atoms with Gasteiger partial charge in [0.1, 0.15) is 11.9 Å². The first-order valence-electron chi connectivity index (χ1n) is 9.34. The maximum absolute atomic E-state index is 13.0. The summed E-state index contributed by atoms with van der Waals surface area (Å²) >= 11 is 0. The highest BCUT2D eigenvalue weighted by atomic mass is 19.1. The van der Waals surface area contributed by atoms with Gasteiger partial charge in [-0.15, -0.1) is 0 Å². The SMILES string of the molecule is CCCOC1CCC(OC(=O)c2ccc(-c3ccc(F)cc3)cc2)CC1. The van der Waals surface area contributed by atoms with Crippen LogP contribution in [-0.4, -0.2) is 24.8 Å². The molecule has 1 aliphatic rings. The van der Waals surface area contributed by atoms with Gasteiger partial charge in [-0.05, 0) is 67.5 Å². The number of halogens is 1. The average Bonchev–Trinajstić information content (AvgIpc) is 2.68. The van der Waals surface area contributed by atoms with E-state index in [0.717, 1.165) is 49.8 Å². The molecule has 0 saturated heterocycles. The molecule has 0 spiro atoms. The van der Waals surface area contributed by atoms with Crippen molar-refractivity contribution < 1.29 is 18.7 Å². The minimum Gasteiger partial charge on any atom is -0.459 e. The molecule has 1 fully saturated rings. The van der Waals surface area contributed by atoms with Gasteiger partial charge in [0.05, 0.1) is 11.7 Å². The number of benzene rings is 2. The Morgan fingerprint density at radius 1 is 0.923 bits per heavy atom. The van der Waals surface area contributed by atoms with E-state index in [2.05, 4.69) is 6.92 Å². The Bertz CT molecular complexity index is 701. The van der Waals surface area contributed by atoms with E-state index < -0.39 is 0 Å². The van der Waals surface area contributed by atoms with Crippen LogP contribution in [0, 0.1) is 5.82 Å². The lowest BCUT2D eigenvalue weighted by Gasteiger charge is -2.28. The van der Waals surface area contributed by atoms with Crippen LogP contribution in [0.3, 0.4) is 0 Å². The minimum absolute atomic E-state index is 0.0271. The zero-order chi connectivity index (χ0) is 18.4. The second-order valence-electron chi connectivity index (χ2n) is 6.76. The Kier molecular flexibility index (Phi) is 6.40. The summed E-state index contributed by atoms with van der Waals surface area (Å²) in [4.78, 5) is 12.4. The molecule has 26 heavy (non-hydrogen) atoms. The smallest absolute Gasteiger partial charge is 0.338 e. The van der Waals surface area contributed by atoms with Crippen LogP contribution in [0.2, 0.25) is 0 Å². The van der Waals surface area contributed by atoms with Gasteiger partial charge in [-0.1, -0.05) is 31.2 Å². The lowest BCUT2D eigenvalue weighted by Crippen LogP contribution is -2.28. The first-order chi connectivity index (χ1) is 12.7. The Morgan fingerprint density at radius 2 is 1.46 bits per heavy atom. The van der Waals surface area contributed by atoms with Gasteiger partial charge in [-0.25, -0.2) is 9.18 Å². The summed E-state index contributed by atoms with van der Waals surface area (Å²) in [6.07, 6.45) is 4.91. The van der Waals surface area contributed by atoms with E-state index in [4.69, 9.17) is 9.47 Å². The van der Waals surface area contributed by atoms with Crippen molar-refractivity contribution >= 4 is 5.97 Å². The molecule has 1 aliphatic carbocycles. The van der Waals surface area contributed by atoms with Gasteiger partial charge >= 0.3 is 5.97 Å². The van der Waals surface area contributed by atoms with Gasteiger partial charge in [0.25, 0.3) is 0 Å². The summed E-state index contributed by atoms with van der Waals surface area (Å²) in [5, 5.41) is 0. The highest BCUT2D eigenvalue weighted by Crippen LogP contribution is 2.25. The lowest BCUT2D eigenvalue weighted by molar-refractivity contribution is -0.0194. The van der Waals surface area contributed by atoms with Crippen molar-refractivity contribution in [2.24, 2.45) is 0 Å². The van der Waals surface area contributed by atoms with Crippen molar-refractivity contribution in [2.75, 3.05) is 6.61 Å². The van der Waals surface area contributed by atoms with E-state index in [1.54, 1.807) is 24.3 Å². The molecule has 0 radical (unpaired) electrons. The maximum atomic E-state index is 13.0. The molecular formula is C22H25FO3. The Balaban J connectivity index is 1.53. The number of hydrogen-bond acceptors (Lipinski definition) is 3. The number of carbonyl (C=O) groups excluding carboxylic acids is 1. The topological polar surface area (TPSA) is 35.5 Å². The van der Waals surface area contributed by atoms with E-state index >= 15 is 0 Å². The molecule has 2 aromatic carbocycles. The Hall–Kier alpha value is -2.20. The van der Waals surface area contributed by atoms with Crippen molar-refractivity contribution in [3.63, 3.8) is 0 Å². The molecule has 3 nitrogen and oxygen atoms in total. The van der Waals surface area contributed by atoms with Gasteiger partial charge in [0, 0.05) is 6.61 Å². The molecule has 0 amide bonds. The molecule has 1 saturated carbocycles. The van der Waals surface area contributed by atoms with E-state index in [-0.39, 0.29) is 17.9 Å². The highest BCUT2D eigenvalue weighted by Gasteiger charge is 2.24. The third-order valence-corrected chi connectivity index (χ3v) is 4.75. The Labute approximate surface area is 154 Å². The number of ether oxygens (including phenoxy) is 2. The Morgan fingerprint density at radius 3 is 2.04 bits per heavy atom. The monoisotopic (exact) mass is 356 g/mol. The van der Waals surface area contributed by atoms with E-state index in [9.17, 15) is 9.18 Å². The summed E-state index contributed by atoms with van der Waals surface area (Å²) in [7, 11) is 0. The first-order valence-corrected chi connectivity index (χ1v) is 9.34. The fourth-order valence-electron chi connectivity index (χ4n) is 3.26. The molecule has 0 bridgehead atoms. The van der Waals surface area contributed by atoms with Crippen molar-refractivity contribution in [1.82, 2.24) is 0 Å². The van der Waals surface area contributed by atoms with E-state index in [1.165, 1.54) is 12.1 Å². The molecule has 4 heteroatoms. The molecule has 0 unspecified atom stereocenters. The highest BCUT2D eigenvalue weighted by molar-refractivity contribution is 5.90. The van der Waals surface area contributed by atoms with Crippen LogP contribution in [0.15, 0.2) is 48.5 Å². The van der Waals surface area contributed by atoms with E-state index in [0.29, 0.717) is 11.7 Å². The molecular weight excluding hydrogens is 331 g/mol. The van der Waals surface area contributed by atoms with Crippen LogP contribution >= 0.6 is 0 Å². The van der Waals surface area contributed by atoms with Crippen molar-refractivity contribution in [1.29, 1.82) is 0 Å². The summed E-state index contributed by atoms with van der Waals surface area (Å²) < 4.78 is 24.4. The molecule has 0 heterocycles. The third-order valence-electron chi connectivity index (χ3n) is 4.75. The molecule has 0 aromatic heterocycles. The van der Waals surface area contributed by atoms with Crippen LogP contribution in [0.1, 0.15) is 49.4 Å². The van der Waals surface area contributed by atoms with Crippen molar-refractivity contribution in [3.8, 4) is 11.1 Å². The number of esters is 1. The second kappa shape index (κ2) is 8.95. The van der Waals surface area contributed by atoms with Crippen LogP contribution < -0.4 is 0 Å².